The van der Waals surface area contributed by atoms with Crippen LogP contribution in [0.4, 0.5) is 13.2 Å². The van der Waals surface area contributed by atoms with Gasteiger partial charge in [0.05, 0.1) is 17.8 Å². The first kappa shape index (κ1) is 17.6. The molecule has 0 aliphatic carbocycles. The molecule has 0 aliphatic rings. The third-order valence-corrected chi connectivity index (χ3v) is 2.96. The molecule has 21 heavy (non-hydrogen) atoms. The van der Waals surface area contributed by atoms with E-state index in [9.17, 15) is 13.2 Å². The van der Waals surface area contributed by atoms with Crippen molar-refractivity contribution in [1.82, 2.24) is 9.78 Å². The minimum Gasteiger partial charge on any atom is -0.493 e. The molecule has 0 atom stereocenters. The lowest BCUT2D eigenvalue weighted by molar-refractivity contribution is -0.141. The van der Waals surface area contributed by atoms with Gasteiger partial charge in [-0.1, -0.05) is 17.7 Å². The van der Waals surface area contributed by atoms with Gasteiger partial charge < -0.3 is 10.5 Å². The Hall–Kier alpha value is -1.44. The molecule has 0 saturated heterocycles. The number of hydrogen-bond acceptors (Lipinski definition) is 3. The number of nitrogens with two attached hydrogens (primary N) is 1. The number of alkyl halides is 3. The van der Waals surface area contributed by atoms with E-state index in [-0.39, 0.29) is 35.4 Å². The number of methoxy groups -OCH3 is 1. The maximum absolute atomic E-state index is 12.7. The zero-order chi connectivity index (χ0) is 14.9. The molecule has 0 aliphatic heterocycles. The molecule has 9 heteroatoms. The molecule has 2 N–H and O–H groups in total. The van der Waals surface area contributed by atoms with Gasteiger partial charge >= 0.3 is 6.18 Å². The van der Waals surface area contributed by atoms with E-state index in [1.807, 2.05) is 0 Å². The Morgan fingerprint density at radius 3 is 2.57 bits per heavy atom. The second-order valence-electron chi connectivity index (χ2n) is 3.93. The molecule has 0 unspecified atom stereocenters. The average molecular weight is 342 g/mol. The number of ether oxygens (including phenoxy) is 1. The van der Waals surface area contributed by atoms with Gasteiger partial charge in [0.2, 0.25) is 0 Å². The van der Waals surface area contributed by atoms with E-state index in [1.54, 1.807) is 18.2 Å². The fourth-order valence-corrected chi connectivity index (χ4v) is 2.03. The van der Waals surface area contributed by atoms with E-state index in [0.29, 0.717) is 5.69 Å². The summed E-state index contributed by atoms with van der Waals surface area (Å²) in [6.45, 7) is -0.0985. The molecular weight excluding hydrogens is 330 g/mol. The summed E-state index contributed by atoms with van der Waals surface area (Å²) in [6, 6.07) is 5.62. The number of halogens is 5. The van der Waals surface area contributed by atoms with Crippen LogP contribution in [0.3, 0.4) is 0 Å². The molecule has 1 aromatic carbocycles. The van der Waals surface area contributed by atoms with E-state index in [2.05, 4.69) is 5.10 Å². The normalized spacial score (nSPS) is 11.1. The van der Waals surface area contributed by atoms with Crippen LogP contribution in [0.1, 0.15) is 11.4 Å². The maximum Gasteiger partial charge on any atom is 0.435 e. The summed E-state index contributed by atoms with van der Waals surface area (Å²) >= 11 is 5.95. The predicted molar refractivity (Wildman–Crippen MR) is 75.3 cm³/mol. The zero-order valence-corrected chi connectivity index (χ0v) is 12.4. The molecule has 0 radical (unpaired) electrons. The third kappa shape index (κ3) is 3.42. The van der Waals surface area contributed by atoms with Crippen molar-refractivity contribution in [3.05, 3.63) is 40.7 Å². The SMILES string of the molecule is COc1c(Cl)cccc1-n1nc(C(F)(F)F)cc1CN.Cl. The minimum absolute atomic E-state index is 0. The summed E-state index contributed by atoms with van der Waals surface area (Å²) in [5.41, 5.74) is 4.97. The van der Waals surface area contributed by atoms with E-state index >= 15 is 0 Å². The number of para-hydroxylation sites is 1. The highest BCUT2D eigenvalue weighted by Crippen LogP contribution is 2.34. The second kappa shape index (κ2) is 6.55. The molecule has 2 rings (SSSR count). The second-order valence-corrected chi connectivity index (χ2v) is 4.33. The van der Waals surface area contributed by atoms with Crippen LogP contribution in [0.25, 0.3) is 5.69 Å². The van der Waals surface area contributed by atoms with Crippen LogP contribution in [-0.2, 0) is 12.7 Å². The summed E-state index contributed by atoms with van der Waals surface area (Å²) in [5, 5.41) is 3.82. The fourth-order valence-electron chi connectivity index (χ4n) is 1.78. The molecule has 1 heterocycles. The van der Waals surface area contributed by atoms with Crippen LogP contribution in [0, 0.1) is 0 Å². The van der Waals surface area contributed by atoms with Crippen molar-refractivity contribution >= 4 is 24.0 Å². The van der Waals surface area contributed by atoms with Crippen LogP contribution in [0.15, 0.2) is 24.3 Å². The Balaban J connectivity index is 0.00000220. The lowest BCUT2D eigenvalue weighted by Gasteiger charge is -2.12. The van der Waals surface area contributed by atoms with Crippen molar-refractivity contribution in [2.24, 2.45) is 5.73 Å². The van der Waals surface area contributed by atoms with Crippen molar-refractivity contribution in [2.45, 2.75) is 12.7 Å². The van der Waals surface area contributed by atoms with E-state index in [4.69, 9.17) is 22.1 Å². The molecule has 4 nitrogen and oxygen atoms in total. The van der Waals surface area contributed by atoms with Crippen molar-refractivity contribution in [3.63, 3.8) is 0 Å². The molecule has 0 saturated carbocycles. The van der Waals surface area contributed by atoms with Gasteiger partial charge in [-0.25, -0.2) is 4.68 Å². The molecule has 0 fully saturated rings. The number of aromatic nitrogens is 2. The number of benzene rings is 1. The van der Waals surface area contributed by atoms with Crippen LogP contribution >= 0.6 is 24.0 Å². The predicted octanol–water partition coefficient (Wildman–Crippen LogP) is 3.43. The van der Waals surface area contributed by atoms with Crippen molar-refractivity contribution in [3.8, 4) is 11.4 Å². The quantitative estimate of drug-likeness (QED) is 0.930. The summed E-state index contributed by atoms with van der Waals surface area (Å²) < 4.78 is 44.4. The van der Waals surface area contributed by atoms with Crippen LogP contribution in [-0.4, -0.2) is 16.9 Å². The molecule has 116 valence electrons. The van der Waals surface area contributed by atoms with Gasteiger partial charge in [-0.05, 0) is 18.2 Å². The fraction of sp³-hybridized carbons (Fsp3) is 0.250. The lowest BCUT2D eigenvalue weighted by Crippen LogP contribution is -2.10. The number of rotatable bonds is 3. The topological polar surface area (TPSA) is 53.1 Å². The van der Waals surface area contributed by atoms with Crippen molar-refractivity contribution in [2.75, 3.05) is 7.11 Å². The van der Waals surface area contributed by atoms with Gasteiger partial charge in [0.15, 0.2) is 11.4 Å². The maximum atomic E-state index is 12.7. The Bertz CT molecular complexity index is 629. The van der Waals surface area contributed by atoms with E-state index in [1.165, 1.54) is 7.11 Å². The van der Waals surface area contributed by atoms with Gasteiger partial charge in [-0.15, -0.1) is 12.4 Å². The summed E-state index contributed by atoms with van der Waals surface area (Å²) in [7, 11) is 1.38. The molecule has 0 amide bonds. The first-order valence-corrected chi connectivity index (χ1v) is 5.95. The first-order valence-electron chi connectivity index (χ1n) is 5.57. The lowest BCUT2D eigenvalue weighted by atomic mass is 10.2. The first-order chi connectivity index (χ1) is 9.38. The summed E-state index contributed by atoms with van der Waals surface area (Å²) in [5.74, 6) is 0.237. The van der Waals surface area contributed by atoms with Gasteiger partial charge in [-0.3, -0.25) is 0 Å². The van der Waals surface area contributed by atoms with Crippen LogP contribution in [0.2, 0.25) is 5.02 Å². The largest absolute Gasteiger partial charge is 0.493 e. The summed E-state index contributed by atoms with van der Waals surface area (Å²) in [4.78, 5) is 0. The number of nitrogens with zero attached hydrogens (tertiary/aromatic N) is 2. The molecule has 1 aromatic heterocycles. The van der Waals surface area contributed by atoms with Gasteiger partial charge in [-0.2, -0.15) is 18.3 Å². The van der Waals surface area contributed by atoms with Crippen molar-refractivity contribution in [1.29, 1.82) is 0 Å². The smallest absolute Gasteiger partial charge is 0.435 e. The molecular formula is C12H12Cl2F3N3O. The van der Waals surface area contributed by atoms with Gasteiger partial charge in [0.25, 0.3) is 0 Å². The highest BCUT2D eigenvalue weighted by atomic mass is 35.5. The Morgan fingerprint density at radius 2 is 2.05 bits per heavy atom. The average Bonchev–Trinajstić information content (AvgIpc) is 2.82. The van der Waals surface area contributed by atoms with Gasteiger partial charge in [0, 0.05) is 6.54 Å². The van der Waals surface area contributed by atoms with E-state index in [0.717, 1.165) is 10.7 Å². The monoisotopic (exact) mass is 341 g/mol. The number of hydrogen-bond donors (Lipinski definition) is 1. The Kier molecular flexibility index (Phi) is 5.49. The molecule has 0 bridgehead atoms. The third-order valence-electron chi connectivity index (χ3n) is 2.66. The molecule has 0 spiro atoms. The summed E-state index contributed by atoms with van der Waals surface area (Å²) in [6.07, 6.45) is -4.54. The Labute approximate surface area is 130 Å². The standard InChI is InChI=1S/C12H11ClF3N3O.ClH/c1-20-11-8(13)3-2-4-9(11)19-7(6-17)5-10(18-19)12(14,15)16;/h2-5H,6,17H2,1H3;1H. The highest BCUT2D eigenvalue weighted by molar-refractivity contribution is 6.32. The minimum atomic E-state index is -4.54. The highest BCUT2D eigenvalue weighted by Gasteiger charge is 2.35. The van der Waals surface area contributed by atoms with Gasteiger partial charge in [0.1, 0.15) is 5.69 Å². The van der Waals surface area contributed by atoms with Crippen LogP contribution < -0.4 is 10.5 Å². The zero-order valence-electron chi connectivity index (χ0n) is 10.8. The van der Waals surface area contributed by atoms with E-state index < -0.39 is 11.9 Å². The Morgan fingerprint density at radius 1 is 1.38 bits per heavy atom. The van der Waals surface area contributed by atoms with Crippen molar-refractivity contribution < 1.29 is 17.9 Å². The van der Waals surface area contributed by atoms with Crippen LogP contribution in [0.5, 0.6) is 5.75 Å². The molecule has 2 aromatic rings.